The van der Waals surface area contributed by atoms with Gasteiger partial charge in [0.25, 0.3) is 0 Å². The number of carboxylic acids is 1. The zero-order valence-corrected chi connectivity index (χ0v) is 10.9. The zero-order valence-electron chi connectivity index (χ0n) is 10.9. The molecule has 1 heterocycles. The Hall–Kier alpha value is -1.91. The Bertz CT molecular complexity index is 424. The van der Waals surface area contributed by atoms with Gasteiger partial charge in [-0.05, 0) is 25.0 Å². The highest BCUT2D eigenvalue weighted by molar-refractivity contribution is 5.94. The summed E-state index contributed by atoms with van der Waals surface area (Å²) in [5, 5.41) is 8.74. The van der Waals surface area contributed by atoms with Crippen LogP contribution < -0.4 is 4.90 Å². The Morgan fingerprint density at radius 1 is 1.33 bits per heavy atom. The number of rotatable bonds is 5. The second-order valence-electron chi connectivity index (χ2n) is 4.12. The SMILES string of the molecule is CCC(CC)C(=O)N(C)c1ccc(C(=O)O)nc1. The Balaban J connectivity index is 2.86. The van der Waals surface area contributed by atoms with Gasteiger partial charge in [-0.25, -0.2) is 9.78 Å². The maximum Gasteiger partial charge on any atom is 0.354 e. The van der Waals surface area contributed by atoms with E-state index in [9.17, 15) is 9.59 Å². The standard InChI is InChI=1S/C13H18N2O3/c1-4-9(5-2)12(16)15(3)10-6-7-11(13(17)18)14-8-10/h6-9H,4-5H2,1-3H3,(H,17,18). The summed E-state index contributed by atoms with van der Waals surface area (Å²) in [4.78, 5) is 28.1. The first-order chi connectivity index (χ1) is 8.51. The molecule has 5 nitrogen and oxygen atoms in total. The minimum absolute atomic E-state index is 0.00542. The molecule has 1 N–H and O–H groups in total. The van der Waals surface area contributed by atoms with Crippen LogP contribution in [0, 0.1) is 5.92 Å². The molecule has 0 bridgehead atoms. The predicted octanol–water partition coefficient (Wildman–Crippen LogP) is 2.18. The van der Waals surface area contributed by atoms with E-state index in [0.29, 0.717) is 5.69 Å². The van der Waals surface area contributed by atoms with Crippen molar-refractivity contribution in [3.8, 4) is 0 Å². The summed E-state index contributed by atoms with van der Waals surface area (Å²) in [6, 6.07) is 2.99. The van der Waals surface area contributed by atoms with E-state index >= 15 is 0 Å². The fourth-order valence-corrected chi connectivity index (χ4v) is 1.75. The molecular formula is C13H18N2O3. The fraction of sp³-hybridized carbons (Fsp3) is 0.462. The first-order valence-electron chi connectivity index (χ1n) is 5.98. The van der Waals surface area contributed by atoms with E-state index in [1.165, 1.54) is 17.2 Å². The first kappa shape index (κ1) is 14.2. The summed E-state index contributed by atoms with van der Waals surface area (Å²) in [6.07, 6.45) is 2.99. The molecule has 0 aliphatic rings. The Kier molecular flexibility index (Phi) is 4.83. The molecule has 98 valence electrons. The van der Waals surface area contributed by atoms with Crippen molar-refractivity contribution < 1.29 is 14.7 Å². The molecule has 1 aromatic heterocycles. The van der Waals surface area contributed by atoms with Crippen LogP contribution in [-0.4, -0.2) is 29.0 Å². The van der Waals surface area contributed by atoms with Crippen molar-refractivity contribution in [2.24, 2.45) is 5.92 Å². The highest BCUT2D eigenvalue weighted by atomic mass is 16.4. The predicted molar refractivity (Wildman–Crippen MR) is 68.7 cm³/mol. The lowest BCUT2D eigenvalue weighted by Crippen LogP contribution is -2.32. The number of anilines is 1. The van der Waals surface area contributed by atoms with Crippen LogP contribution in [0.5, 0.6) is 0 Å². The van der Waals surface area contributed by atoms with Crippen molar-refractivity contribution in [2.75, 3.05) is 11.9 Å². The molecule has 0 saturated carbocycles. The molecule has 0 radical (unpaired) electrons. The van der Waals surface area contributed by atoms with Crippen molar-refractivity contribution in [1.82, 2.24) is 4.98 Å². The molecule has 1 rings (SSSR count). The van der Waals surface area contributed by atoms with Gasteiger partial charge in [-0.15, -0.1) is 0 Å². The molecule has 0 aliphatic carbocycles. The van der Waals surface area contributed by atoms with Crippen molar-refractivity contribution >= 4 is 17.6 Å². The number of aromatic carboxylic acids is 1. The zero-order chi connectivity index (χ0) is 13.7. The van der Waals surface area contributed by atoms with Gasteiger partial charge in [0, 0.05) is 13.0 Å². The molecule has 0 spiro atoms. The minimum Gasteiger partial charge on any atom is -0.477 e. The summed E-state index contributed by atoms with van der Waals surface area (Å²) in [6.45, 7) is 3.96. The third-order valence-electron chi connectivity index (χ3n) is 3.02. The van der Waals surface area contributed by atoms with E-state index in [1.807, 2.05) is 13.8 Å². The number of carboxylic acid groups (broad SMARTS) is 1. The fourth-order valence-electron chi connectivity index (χ4n) is 1.75. The van der Waals surface area contributed by atoms with E-state index in [-0.39, 0.29) is 17.5 Å². The third-order valence-corrected chi connectivity index (χ3v) is 3.02. The molecule has 18 heavy (non-hydrogen) atoms. The van der Waals surface area contributed by atoms with E-state index in [1.54, 1.807) is 13.1 Å². The molecule has 0 fully saturated rings. The van der Waals surface area contributed by atoms with Gasteiger partial charge in [0.2, 0.25) is 5.91 Å². The van der Waals surface area contributed by atoms with E-state index in [0.717, 1.165) is 12.8 Å². The van der Waals surface area contributed by atoms with Crippen molar-refractivity contribution in [2.45, 2.75) is 26.7 Å². The third kappa shape index (κ3) is 3.06. The number of amides is 1. The molecule has 0 aromatic carbocycles. The van der Waals surface area contributed by atoms with Gasteiger partial charge in [0.05, 0.1) is 11.9 Å². The number of nitrogens with zero attached hydrogens (tertiary/aromatic N) is 2. The van der Waals surface area contributed by atoms with Gasteiger partial charge in [-0.3, -0.25) is 4.79 Å². The molecular weight excluding hydrogens is 232 g/mol. The number of hydrogen-bond donors (Lipinski definition) is 1. The van der Waals surface area contributed by atoms with Gasteiger partial charge in [-0.2, -0.15) is 0 Å². The Morgan fingerprint density at radius 3 is 2.33 bits per heavy atom. The Morgan fingerprint density at radius 2 is 1.94 bits per heavy atom. The van der Waals surface area contributed by atoms with Crippen LogP contribution >= 0.6 is 0 Å². The summed E-state index contributed by atoms with van der Waals surface area (Å²) in [5.41, 5.74) is 0.582. The second-order valence-corrected chi connectivity index (χ2v) is 4.12. The summed E-state index contributed by atoms with van der Waals surface area (Å²) in [7, 11) is 1.68. The minimum atomic E-state index is -1.07. The number of carbonyl (C=O) groups is 2. The molecule has 0 aliphatic heterocycles. The molecule has 0 unspecified atom stereocenters. The molecule has 0 saturated heterocycles. The van der Waals surface area contributed by atoms with Crippen LogP contribution in [0.25, 0.3) is 0 Å². The summed E-state index contributed by atoms with van der Waals surface area (Å²) < 4.78 is 0. The van der Waals surface area contributed by atoms with Gasteiger partial charge in [0.15, 0.2) is 0 Å². The van der Waals surface area contributed by atoms with Crippen molar-refractivity contribution in [3.05, 3.63) is 24.0 Å². The first-order valence-corrected chi connectivity index (χ1v) is 5.98. The van der Waals surface area contributed by atoms with Crippen molar-refractivity contribution in [3.63, 3.8) is 0 Å². The van der Waals surface area contributed by atoms with Gasteiger partial charge >= 0.3 is 5.97 Å². The van der Waals surface area contributed by atoms with Gasteiger partial charge < -0.3 is 10.0 Å². The van der Waals surface area contributed by atoms with Crippen LogP contribution in [0.3, 0.4) is 0 Å². The monoisotopic (exact) mass is 250 g/mol. The molecule has 1 amide bonds. The normalized spacial score (nSPS) is 10.4. The average molecular weight is 250 g/mol. The number of hydrogen-bond acceptors (Lipinski definition) is 3. The maximum atomic E-state index is 12.1. The second kappa shape index (κ2) is 6.14. The van der Waals surface area contributed by atoms with E-state index in [4.69, 9.17) is 5.11 Å². The van der Waals surface area contributed by atoms with E-state index in [2.05, 4.69) is 4.98 Å². The van der Waals surface area contributed by atoms with Crippen LogP contribution in [0.2, 0.25) is 0 Å². The van der Waals surface area contributed by atoms with Gasteiger partial charge in [-0.1, -0.05) is 13.8 Å². The molecule has 5 heteroatoms. The smallest absolute Gasteiger partial charge is 0.354 e. The number of carbonyl (C=O) groups excluding carboxylic acids is 1. The lowest BCUT2D eigenvalue weighted by molar-refractivity contribution is -0.122. The number of pyridine rings is 1. The maximum absolute atomic E-state index is 12.1. The quantitative estimate of drug-likeness (QED) is 0.869. The Labute approximate surface area is 106 Å². The van der Waals surface area contributed by atoms with E-state index < -0.39 is 5.97 Å². The van der Waals surface area contributed by atoms with Crippen LogP contribution in [0.1, 0.15) is 37.2 Å². The highest BCUT2D eigenvalue weighted by Crippen LogP contribution is 2.17. The lowest BCUT2D eigenvalue weighted by Gasteiger charge is -2.22. The lowest BCUT2D eigenvalue weighted by atomic mass is 10.0. The highest BCUT2D eigenvalue weighted by Gasteiger charge is 2.20. The van der Waals surface area contributed by atoms with Crippen LogP contribution in [0.15, 0.2) is 18.3 Å². The van der Waals surface area contributed by atoms with Crippen molar-refractivity contribution in [1.29, 1.82) is 0 Å². The van der Waals surface area contributed by atoms with Crippen LogP contribution in [-0.2, 0) is 4.79 Å². The summed E-state index contributed by atoms with van der Waals surface area (Å²) >= 11 is 0. The number of aromatic nitrogens is 1. The molecule has 0 atom stereocenters. The average Bonchev–Trinajstić information content (AvgIpc) is 2.39. The largest absolute Gasteiger partial charge is 0.477 e. The molecule has 1 aromatic rings. The van der Waals surface area contributed by atoms with Crippen LogP contribution in [0.4, 0.5) is 5.69 Å². The summed E-state index contributed by atoms with van der Waals surface area (Å²) in [5.74, 6) is -1.05. The topological polar surface area (TPSA) is 70.5 Å². The van der Waals surface area contributed by atoms with Gasteiger partial charge in [0.1, 0.15) is 5.69 Å².